The summed E-state index contributed by atoms with van der Waals surface area (Å²) in [5.41, 5.74) is -0.591. The molecule has 2 spiro atoms. The third-order valence-electron chi connectivity index (χ3n) is 12.9. The summed E-state index contributed by atoms with van der Waals surface area (Å²) in [5, 5.41) is 17.6. The van der Waals surface area contributed by atoms with Crippen molar-refractivity contribution in [1.82, 2.24) is 31.6 Å². The average molecular weight is 837 g/mol. The van der Waals surface area contributed by atoms with Crippen LogP contribution in [-0.2, 0) is 41.5 Å². The van der Waals surface area contributed by atoms with Crippen LogP contribution < -0.4 is 31.1 Å². The van der Waals surface area contributed by atoms with Gasteiger partial charge in [0.15, 0.2) is 22.5 Å². The van der Waals surface area contributed by atoms with Crippen molar-refractivity contribution >= 4 is 69.0 Å². The molecule has 8 amide bonds. The molecule has 0 unspecified atom stereocenters. The third kappa shape index (κ3) is 5.41. The van der Waals surface area contributed by atoms with E-state index in [4.69, 9.17) is 18.5 Å². The fourth-order valence-corrected chi connectivity index (χ4v) is 10.3. The second-order valence-corrected chi connectivity index (χ2v) is 16.4. The van der Waals surface area contributed by atoms with Gasteiger partial charge in [0.25, 0.3) is 0 Å². The van der Waals surface area contributed by atoms with Gasteiger partial charge in [0.2, 0.25) is 34.8 Å². The molecule has 2 aromatic carbocycles. The van der Waals surface area contributed by atoms with Crippen LogP contribution in [0.25, 0.3) is 21.9 Å². The molecule has 4 N–H and O–H groups in total. The fraction of sp³-hybridized carbons (Fsp3) is 0.500. The Balaban J connectivity index is 0.000000181. The average Bonchev–Trinajstić information content (AvgIpc) is 3.76. The SMILES string of the molecule is CC[C@@H]1CN2c3c(cc4c(C)noc4c3F)CC3(C(=O)NC(=O)NC3=O)[C@H]2[C@H](C)O1.CC[C@@H]1O[C@H](C)CN2c3c(cc4c(C)noc4c3F)CC3(C(=O)NC(=O)NC3=O)[C@@H]12.[HH].[HH]. The lowest BCUT2D eigenvalue weighted by Crippen LogP contribution is -2.75. The van der Waals surface area contributed by atoms with E-state index >= 15 is 8.78 Å². The first-order valence-corrected chi connectivity index (χ1v) is 19.9. The number of barbiturate groups is 2. The zero-order valence-corrected chi connectivity index (χ0v) is 33.5. The third-order valence-corrected chi connectivity index (χ3v) is 12.9. The number of carbonyl (C=O) groups is 6. The molecular formula is C40H46F2N8O10. The Morgan fingerprint density at radius 1 is 0.700 bits per heavy atom. The van der Waals surface area contributed by atoms with E-state index in [1.54, 1.807) is 42.7 Å². The molecule has 18 nitrogen and oxygen atoms in total. The van der Waals surface area contributed by atoms with Gasteiger partial charge in [-0.15, -0.1) is 0 Å². The van der Waals surface area contributed by atoms with Crippen molar-refractivity contribution in [1.29, 1.82) is 0 Å². The standard InChI is InChI=1S/2C20H21FN4O5.2H2/c1-4-11-7-25-14-10(5-12-8(2)24-30-15(12)13(14)21)6-20(16(25)9(3)29-11)17(26)22-19(28)23-18(20)27;1-4-12-16-20(17(26)22-19(28)23-18(20)27)6-10-5-11-9(3)24-30-15(11)13(21)14(10)25(16)7-8(2)29-12;;/h5,9,11,16H,4,6-7H2,1-3H3,(H2,22,23,26,27,28);5,8,12,16H,4,6-7H2,1-3H3,(H2,22,23,26,27,28);2*1H/t9-,11+,16+;8-,12+,16-;;/m01../s1. The number of anilines is 2. The summed E-state index contributed by atoms with van der Waals surface area (Å²) in [6, 6.07) is 0.140. The van der Waals surface area contributed by atoms with Crippen LogP contribution in [0.15, 0.2) is 21.2 Å². The van der Waals surface area contributed by atoms with Gasteiger partial charge >= 0.3 is 12.1 Å². The quantitative estimate of drug-likeness (QED) is 0.212. The summed E-state index contributed by atoms with van der Waals surface area (Å²) in [6.07, 6.45) is -0.498. The normalized spacial score (nSPS) is 27.7. The Labute approximate surface area is 342 Å². The largest absolute Gasteiger partial charge is 0.371 e. The number of ether oxygens (including phenoxy) is 2. The Kier molecular flexibility index (Phi) is 9.05. The van der Waals surface area contributed by atoms with Gasteiger partial charge in [-0.1, -0.05) is 24.2 Å². The number of halogens is 2. The Morgan fingerprint density at radius 2 is 1.15 bits per heavy atom. The summed E-state index contributed by atoms with van der Waals surface area (Å²) in [5.74, 6) is -3.94. The number of imide groups is 4. The van der Waals surface area contributed by atoms with Gasteiger partial charge in [0.1, 0.15) is 0 Å². The smallest absolute Gasteiger partial charge is 0.328 e. The molecule has 0 bridgehead atoms. The highest BCUT2D eigenvalue weighted by molar-refractivity contribution is 6.21. The maximum absolute atomic E-state index is 15.6. The number of rotatable bonds is 2. The molecule has 0 aliphatic carbocycles. The number of nitrogens with zero attached hydrogens (tertiary/aromatic N) is 4. The number of nitrogens with one attached hydrogen (secondary N) is 4. The molecular weight excluding hydrogens is 790 g/mol. The molecule has 20 heteroatoms. The van der Waals surface area contributed by atoms with Crippen LogP contribution in [0.3, 0.4) is 0 Å². The summed E-state index contributed by atoms with van der Waals surface area (Å²) in [6.45, 7) is 11.4. The Morgan fingerprint density at radius 3 is 1.60 bits per heavy atom. The monoisotopic (exact) mass is 836 g/mol. The van der Waals surface area contributed by atoms with E-state index in [2.05, 4.69) is 31.6 Å². The summed E-state index contributed by atoms with van der Waals surface area (Å²) < 4.78 is 53.8. The van der Waals surface area contributed by atoms with E-state index < -0.39 is 82.4 Å². The van der Waals surface area contributed by atoms with E-state index in [9.17, 15) is 28.8 Å². The van der Waals surface area contributed by atoms with Crippen LogP contribution in [0.5, 0.6) is 0 Å². The predicted molar refractivity (Wildman–Crippen MR) is 209 cm³/mol. The van der Waals surface area contributed by atoms with Crippen LogP contribution in [0.2, 0.25) is 0 Å². The number of hydrogen-bond donors (Lipinski definition) is 4. The van der Waals surface area contributed by atoms with Gasteiger partial charge < -0.3 is 28.3 Å². The number of fused-ring (bicyclic) bond motifs is 10. The molecule has 2 aromatic heterocycles. The molecule has 4 fully saturated rings. The van der Waals surface area contributed by atoms with Crippen molar-refractivity contribution in [2.24, 2.45) is 10.8 Å². The van der Waals surface area contributed by atoms with Crippen LogP contribution in [-0.4, -0.2) is 95.6 Å². The second kappa shape index (κ2) is 13.8. The van der Waals surface area contributed by atoms with Crippen molar-refractivity contribution < 1.29 is 58.9 Å². The number of benzene rings is 2. The van der Waals surface area contributed by atoms with Crippen LogP contribution in [0.4, 0.5) is 29.7 Å². The van der Waals surface area contributed by atoms with Crippen molar-refractivity contribution in [3.05, 3.63) is 46.3 Å². The van der Waals surface area contributed by atoms with Gasteiger partial charge in [-0.3, -0.25) is 40.4 Å². The lowest BCUT2D eigenvalue weighted by molar-refractivity contribution is -0.155. The number of aromatic nitrogens is 2. The van der Waals surface area contributed by atoms with Gasteiger partial charge in [-0.25, -0.2) is 18.4 Å². The molecule has 0 radical (unpaired) electrons. The lowest BCUT2D eigenvalue weighted by atomic mass is 9.66. The van der Waals surface area contributed by atoms with Gasteiger partial charge in [0, 0.05) is 39.6 Å². The molecule has 0 saturated carbocycles. The predicted octanol–water partition coefficient (Wildman–Crippen LogP) is 3.60. The number of amides is 8. The number of urea groups is 2. The zero-order valence-electron chi connectivity index (χ0n) is 33.5. The number of aryl methyl sites for hydroxylation is 2. The first-order chi connectivity index (χ1) is 28.5. The van der Waals surface area contributed by atoms with Crippen LogP contribution in [0, 0.1) is 36.3 Å². The van der Waals surface area contributed by atoms with Gasteiger partial charge in [0.05, 0.1) is 59.3 Å². The molecule has 320 valence electrons. The zero-order chi connectivity index (χ0) is 42.7. The van der Waals surface area contributed by atoms with Crippen molar-refractivity contribution in [2.75, 3.05) is 22.9 Å². The maximum atomic E-state index is 15.6. The minimum atomic E-state index is -1.63. The van der Waals surface area contributed by atoms with E-state index in [0.717, 1.165) is 0 Å². The van der Waals surface area contributed by atoms with E-state index in [1.807, 2.05) is 20.8 Å². The minimum Gasteiger partial charge on any atom is -0.371 e. The lowest BCUT2D eigenvalue weighted by Gasteiger charge is -2.55. The highest BCUT2D eigenvalue weighted by atomic mass is 19.1. The molecule has 4 saturated heterocycles. The van der Waals surface area contributed by atoms with Gasteiger partial charge in [-0.2, -0.15) is 0 Å². The van der Waals surface area contributed by atoms with Crippen LogP contribution >= 0.6 is 0 Å². The first-order valence-electron chi connectivity index (χ1n) is 19.9. The second-order valence-electron chi connectivity index (χ2n) is 16.4. The Bertz CT molecular complexity index is 2460. The molecule has 8 heterocycles. The summed E-state index contributed by atoms with van der Waals surface area (Å²) in [4.78, 5) is 79.6. The topological polar surface area (TPSA) is 228 Å². The number of morpholine rings is 2. The Hall–Kier alpha value is -6.02. The van der Waals surface area contributed by atoms with Crippen molar-refractivity contribution in [2.45, 2.75) is 104 Å². The minimum absolute atomic E-state index is 0. The number of carbonyl (C=O) groups excluding carboxylic acids is 6. The molecule has 4 aromatic rings. The molecule has 6 aliphatic rings. The molecule has 6 atom stereocenters. The highest BCUT2D eigenvalue weighted by Crippen LogP contribution is 2.51. The molecule has 10 rings (SSSR count). The number of hydrogen-bond acceptors (Lipinski definition) is 14. The summed E-state index contributed by atoms with van der Waals surface area (Å²) >= 11 is 0. The maximum Gasteiger partial charge on any atom is 0.328 e. The van der Waals surface area contributed by atoms with Crippen molar-refractivity contribution in [3.8, 4) is 0 Å². The van der Waals surface area contributed by atoms with Gasteiger partial charge in [-0.05, 0) is 63.8 Å². The summed E-state index contributed by atoms with van der Waals surface area (Å²) in [7, 11) is 0. The van der Waals surface area contributed by atoms with E-state index in [1.165, 1.54) is 0 Å². The van der Waals surface area contributed by atoms with Crippen LogP contribution in [0.1, 0.15) is 65.9 Å². The highest BCUT2D eigenvalue weighted by Gasteiger charge is 2.65. The van der Waals surface area contributed by atoms with E-state index in [0.29, 0.717) is 64.0 Å². The van der Waals surface area contributed by atoms with E-state index in [-0.39, 0.29) is 45.6 Å². The fourth-order valence-electron chi connectivity index (χ4n) is 10.3. The first kappa shape index (κ1) is 39.4. The molecule has 60 heavy (non-hydrogen) atoms. The van der Waals surface area contributed by atoms with Crippen molar-refractivity contribution in [3.63, 3.8) is 0 Å². The molecule has 6 aliphatic heterocycles.